The summed E-state index contributed by atoms with van der Waals surface area (Å²) in [4.78, 5) is 3.69. The molecule has 17 heavy (non-hydrogen) atoms. The Morgan fingerprint density at radius 3 is 2.59 bits per heavy atom. The molecule has 0 saturated carbocycles. The zero-order valence-corrected chi connectivity index (χ0v) is 10.9. The zero-order chi connectivity index (χ0) is 12.8. The molecule has 1 aromatic rings. The molecule has 1 aromatic carbocycles. The highest BCUT2D eigenvalue weighted by atomic mass is 32.2. The maximum Gasteiger partial charge on any atom is 0.193 e. The van der Waals surface area contributed by atoms with E-state index in [4.69, 9.17) is 16.9 Å². The lowest BCUT2D eigenvalue weighted by atomic mass is 9.98. The fourth-order valence-electron chi connectivity index (χ4n) is 1.52. The molecule has 0 aliphatic rings. The van der Waals surface area contributed by atoms with Crippen LogP contribution in [0.4, 0.5) is 0 Å². The van der Waals surface area contributed by atoms with Gasteiger partial charge in [0.25, 0.3) is 0 Å². The first kappa shape index (κ1) is 13.6. The molecule has 0 unspecified atom stereocenters. The lowest BCUT2D eigenvalue weighted by Gasteiger charge is -2.11. The van der Waals surface area contributed by atoms with Gasteiger partial charge < -0.3 is 11.5 Å². The monoisotopic (exact) mass is 250 g/mol. The Kier molecular flexibility index (Phi) is 5.03. The van der Waals surface area contributed by atoms with Gasteiger partial charge in [-0.1, -0.05) is 49.9 Å². The van der Waals surface area contributed by atoms with E-state index in [1.165, 1.54) is 22.9 Å². The van der Waals surface area contributed by atoms with Crippen molar-refractivity contribution in [2.24, 2.45) is 16.5 Å². The highest BCUT2D eigenvalue weighted by Gasteiger charge is 2.06. The molecule has 0 aliphatic carbocycles. The second-order valence-corrected chi connectivity index (χ2v) is 4.95. The van der Waals surface area contributed by atoms with Crippen LogP contribution >= 0.6 is 11.8 Å². The normalized spacial score (nSPS) is 10.3. The summed E-state index contributed by atoms with van der Waals surface area (Å²) in [5, 5.41) is 7.70. The molecule has 0 fully saturated rings. The predicted molar refractivity (Wildman–Crippen MR) is 75.4 cm³/mol. The molecule has 5 heteroatoms. The summed E-state index contributed by atoms with van der Waals surface area (Å²) in [5.74, 6) is 1.12. The summed E-state index contributed by atoms with van der Waals surface area (Å²) in [6.45, 7) is 4.32. The largest absolute Gasteiger partial charge is 0.370 e. The van der Waals surface area contributed by atoms with Gasteiger partial charge in [0.15, 0.2) is 11.1 Å². The van der Waals surface area contributed by atoms with Crippen molar-refractivity contribution >= 4 is 22.9 Å². The summed E-state index contributed by atoms with van der Waals surface area (Å²) in [6, 6.07) is 8.23. The molecule has 4 nitrogen and oxygen atoms in total. The molecule has 1 rings (SSSR count). The van der Waals surface area contributed by atoms with Crippen LogP contribution < -0.4 is 11.5 Å². The first-order chi connectivity index (χ1) is 8.00. The zero-order valence-electron chi connectivity index (χ0n) is 10.1. The van der Waals surface area contributed by atoms with Crippen LogP contribution in [-0.2, 0) is 5.75 Å². The van der Waals surface area contributed by atoms with Gasteiger partial charge >= 0.3 is 0 Å². The minimum atomic E-state index is -0.0698. The number of rotatable bonds is 3. The van der Waals surface area contributed by atoms with Crippen LogP contribution in [0.3, 0.4) is 0 Å². The molecule has 0 saturated heterocycles. The SMILES string of the molecule is CC(C)c1ccccc1CSC(=N)N=C(N)N. The summed E-state index contributed by atoms with van der Waals surface area (Å²) >= 11 is 1.33. The Morgan fingerprint density at radius 1 is 1.35 bits per heavy atom. The third kappa shape index (κ3) is 4.48. The van der Waals surface area contributed by atoms with E-state index in [1.54, 1.807) is 0 Å². The lowest BCUT2D eigenvalue weighted by molar-refractivity contribution is 0.855. The molecule has 92 valence electrons. The number of thioether (sulfide) groups is 1. The van der Waals surface area contributed by atoms with Crippen molar-refractivity contribution in [3.63, 3.8) is 0 Å². The second-order valence-electron chi connectivity index (χ2n) is 3.98. The van der Waals surface area contributed by atoms with Gasteiger partial charge in [0, 0.05) is 5.75 Å². The van der Waals surface area contributed by atoms with E-state index in [1.807, 2.05) is 12.1 Å². The molecule has 0 heterocycles. The van der Waals surface area contributed by atoms with Crippen LogP contribution in [0.15, 0.2) is 29.3 Å². The van der Waals surface area contributed by atoms with Crippen molar-refractivity contribution in [2.45, 2.75) is 25.5 Å². The van der Waals surface area contributed by atoms with Crippen molar-refractivity contribution < 1.29 is 0 Å². The van der Waals surface area contributed by atoms with Crippen LogP contribution in [0.2, 0.25) is 0 Å². The smallest absolute Gasteiger partial charge is 0.193 e. The molecule has 0 amide bonds. The first-order valence-electron chi connectivity index (χ1n) is 5.39. The van der Waals surface area contributed by atoms with Gasteiger partial charge in [-0.15, -0.1) is 0 Å². The quantitative estimate of drug-likeness (QED) is 0.568. The highest BCUT2D eigenvalue weighted by molar-refractivity contribution is 8.13. The van der Waals surface area contributed by atoms with E-state index >= 15 is 0 Å². The summed E-state index contributed by atoms with van der Waals surface area (Å²) in [5.41, 5.74) is 13.0. The summed E-state index contributed by atoms with van der Waals surface area (Å²) < 4.78 is 0. The molecular weight excluding hydrogens is 232 g/mol. The Morgan fingerprint density at radius 2 is 2.00 bits per heavy atom. The fraction of sp³-hybridized carbons (Fsp3) is 0.333. The van der Waals surface area contributed by atoms with Gasteiger partial charge in [-0.3, -0.25) is 5.41 Å². The second kappa shape index (κ2) is 6.30. The Labute approximate surface area is 106 Å². The molecule has 0 bridgehead atoms. The van der Waals surface area contributed by atoms with Gasteiger partial charge in [-0.2, -0.15) is 4.99 Å². The highest BCUT2D eigenvalue weighted by Crippen LogP contribution is 2.23. The van der Waals surface area contributed by atoms with Crippen molar-refractivity contribution in [1.82, 2.24) is 0 Å². The van der Waals surface area contributed by atoms with E-state index in [0.717, 1.165) is 0 Å². The third-order valence-corrected chi connectivity index (χ3v) is 3.09. The molecule has 0 atom stereocenters. The van der Waals surface area contributed by atoms with E-state index in [9.17, 15) is 0 Å². The Hall–Kier alpha value is -1.49. The number of guanidine groups is 1. The van der Waals surface area contributed by atoms with Crippen LogP contribution in [0, 0.1) is 5.41 Å². The molecule has 0 aliphatic heterocycles. The first-order valence-corrected chi connectivity index (χ1v) is 6.38. The van der Waals surface area contributed by atoms with Gasteiger partial charge in [-0.05, 0) is 17.0 Å². The van der Waals surface area contributed by atoms with Gasteiger partial charge in [0.2, 0.25) is 0 Å². The number of aliphatic imine (C=N–C) groups is 1. The van der Waals surface area contributed by atoms with E-state index in [2.05, 4.69) is 31.0 Å². The minimum Gasteiger partial charge on any atom is -0.370 e. The van der Waals surface area contributed by atoms with Crippen LogP contribution in [0.5, 0.6) is 0 Å². The number of hydrogen-bond acceptors (Lipinski definition) is 2. The average Bonchev–Trinajstić information content (AvgIpc) is 2.25. The Bertz CT molecular complexity index is 422. The van der Waals surface area contributed by atoms with Crippen molar-refractivity contribution in [3.05, 3.63) is 35.4 Å². The number of nitrogens with zero attached hydrogens (tertiary/aromatic N) is 1. The van der Waals surface area contributed by atoms with Gasteiger partial charge in [0.05, 0.1) is 0 Å². The molecule has 0 radical (unpaired) electrons. The standard InChI is InChI=1S/C12H18N4S/c1-8(2)10-6-4-3-5-9(10)7-17-12(15)16-11(13)14/h3-6,8H,7H2,1-2H3,(H5,13,14,15,16). The van der Waals surface area contributed by atoms with E-state index in [-0.39, 0.29) is 11.1 Å². The van der Waals surface area contributed by atoms with E-state index < -0.39 is 0 Å². The molecule has 0 spiro atoms. The topological polar surface area (TPSA) is 88.2 Å². The number of nitrogens with two attached hydrogens (primary N) is 2. The average molecular weight is 250 g/mol. The maximum absolute atomic E-state index is 7.56. The van der Waals surface area contributed by atoms with Crippen molar-refractivity contribution in [1.29, 1.82) is 5.41 Å². The number of hydrogen-bond donors (Lipinski definition) is 3. The van der Waals surface area contributed by atoms with Crippen LogP contribution in [-0.4, -0.2) is 11.1 Å². The Balaban J connectivity index is 2.70. The minimum absolute atomic E-state index is 0.0698. The number of nitrogens with one attached hydrogen (secondary N) is 1. The maximum atomic E-state index is 7.56. The third-order valence-electron chi connectivity index (χ3n) is 2.27. The van der Waals surface area contributed by atoms with Crippen LogP contribution in [0.1, 0.15) is 30.9 Å². The predicted octanol–water partition coefficient (Wildman–Crippen LogP) is 2.25. The summed E-state index contributed by atoms with van der Waals surface area (Å²) in [6.07, 6.45) is 0. The lowest BCUT2D eigenvalue weighted by Crippen LogP contribution is -2.23. The summed E-state index contributed by atoms with van der Waals surface area (Å²) in [7, 11) is 0. The number of benzene rings is 1. The van der Waals surface area contributed by atoms with Gasteiger partial charge in [0.1, 0.15) is 0 Å². The molecular formula is C12H18N4S. The van der Waals surface area contributed by atoms with Crippen molar-refractivity contribution in [2.75, 3.05) is 0 Å². The van der Waals surface area contributed by atoms with Crippen LogP contribution in [0.25, 0.3) is 0 Å². The fourth-order valence-corrected chi connectivity index (χ4v) is 2.25. The van der Waals surface area contributed by atoms with Crippen molar-refractivity contribution in [3.8, 4) is 0 Å². The van der Waals surface area contributed by atoms with E-state index in [0.29, 0.717) is 11.7 Å². The van der Waals surface area contributed by atoms with Gasteiger partial charge in [-0.25, -0.2) is 0 Å². The number of amidine groups is 1. The molecule has 0 aromatic heterocycles. The molecule has 5 N–H and O–H groups in total.